The summed E-state index contributed by atoms with van der Waals surface area (Å²) in [6.45, 7) is 2.00. The molecule has 0 unspecified atom stereocenters. The number of fused-ring (bicyclic) bond motifs is 1. The Hall–Kier alpha value is -2.72. The summed E-state index contributed by atoms with van der Waals surface area (Å²) in [5.41, 5.74) is 2.43. The number of hydrogen-bond donors (Lipinski definition) is 1. The van der Waals surface area contributed by atoms with Gasteiger partial charge in [-0.3, -0.25) is 4.79 Å². The smallest absolute Gasteiger partial charge is 0.248 e. The normalized spacial score (nSPS) is 11.1. The van der Waals surface area contributed by atoms with Crippen molar-refractivity contribution in [3.63, 3.8) is 0 Å². The number of carbonyl (C=O) groups is 1. The molecular formula is C19H16ClNO3. The summed E-state index contributed by atoms with van der Waals surface area (Å²) in [4.78, 5) is 12.1. The van der Waals surface area contributed by atoms with Gasteiger partial charge >= 0.3 is 0 Å². The van der Waals surface area contributed by atoms with Crippen LogP contribution in [0, 0.1) is 6.92 Å². The summed E-state index contributed by atoms with van der Waals surface area (Å²) >= 11 is 5.95. The number of halogens is 1. The minimum Gasteiger partial charge on any atom is -0.495 e. The number of anilines is 1. The second kappa shape index (κ2) is 6.81. The maximum absolute atomic E-state index is 12.1. The van der Waals surface area contributed by atoms with Gasteiger partial charge in [0, 0.05) is 16.5 Å². The number of methoxy groups -OCH3 is 1. The summed E-state index contributed by atoms with van der Waals surface area (Å²) in [5.74, 6) is 0.858. The molecule has 1 heterocycles. The molecule has 0 fully saturated rings. The molecule has 24 heavy (non-hydrogen) atoms. The first kappa shape index (κ1) is 16.1. The van der Waals surface area contributed by atoms with Crippen LogP contribution in [0.15, 0.2) is 53.0 Å². The van der Waals surface area contributed by atoms with Crippen molar-refractivity contribution in [1.29, 1.82) is 0 Å². The number of nitrogens with one attached hydrogen (secondary N) is 1. The Morgan fingerprint density at radius 3 is 2.83 bits per heavy atom. The predicted octanol–water partition coefficient (Wildman–Crippen LogP) is 5.06. The minimum absolute atomic E-state index is 0.299. The lowest BCUT2D eigenvalue weighted by molar-refractivity contribution is -0.111. The van der Waals surface area contributed by atoms with Gasteiger partial charge in [-0.25, -0.2) is 0 Å². The van der Waals surface area contributed by atoms with Crippen LogP contribution in [0.1, 0.15) is 11.3 Å². The Morgan fingerprint density at radius 1 is 1.21 bits per heavy atom. The number of benzene rings is 2. The lowest BCUT2D eigenvalue weighted by Crippen LogP contribution is -2.08. The number of aryl methyl sites for hydroxylation is 1. The molecule has 0 atom stereocenters. The van der Waals surface area contributed by atoms with Gasteiger partial charge in [-0.2, -0.15) is 0 Å². The van der Waals surface area contributed by atoms with E-state index in [9.17, 15) is 4.79 Å². The molecule has 4 nitrogen and oxygen atoms in total. The molecule has 0 bridgehead atoms. The standard InChI is InChI=1S/C19H16ClNO3/c1-12-3-4-13-10-15(24-18(13)9-12)6-8-19(22)21-16-11-14(20)5-7-17(16)23-2/h3-11H,1-2H3,(H,21,22)/b8-6+. The molecule has 122 valence electrons. The summed E-state index contributed by atoms with van der Waals surface area (Å²) in [6, 6.07) is 12.9. The monoisotopic (exact) mass is 341 g/mol. The molecule has 2 aromatic carbocycles. The number of furan rings is 1. The van der Waals surface area contributed by atoms with Crippen LogP contribution in [0.4, 0.5) is 5.69 Å². The predicted molar refractivity (Wildman–Crippen MR) is 96.6 cm³/mol. The number of hydrogen-bond acceptors (Lipinski definition) is 3. The SMILES string of the molecule is COc1ccc(Cl)cc1NC(=O)/C=C/c1cc2ccc(C)cc2o1. The molecule has 0 aliphatic rings. The van der Waals surface area contributed by atoms with E-state index < -0.39 is 0 Å². The molecule has 0 saturated heterocycles. The Balaban J connectivity index is 1.76. The number of rotatable bonds is 4. The lowest BCUT2D eigenvalue weighted by Gasteiger charge is -2.08. The molecule has 0 saturated carbocycles. The second-order valence-corrected chi connectivity index (χ2v) is 5.79. The van der Waals surface area contributed by atoms with E-state index >= 15 is 0 Å². The van der Waals surface area contributed by atoms with Gasteiger partial charge in [-0.15, -0.1) is 0 Å². The third-order valence-electron chi connectivity index (χ3n) is 3.51. The van der Waals surface area contributed by atoms with E-state index in [1.54, 1.807) is 24.3 Å². The summed E-state index contributed by atoms with van der Waals surface area (Å²) in [6.07, 6.45) is 3.03. The molecule has 5 heteroatoms. The van der Waals surface area contributed by atoms with Crippen LogP contribution in [0.5, 0.6) is 5.75 Å². The van der Waals surface area contributed by atoms with Gasteiger partial charge in [0.05, 0.1) is 12.8 Å². The number of carbonyl (C=O) groups excluding carboxylic acids is 1. The average Bonchev–Trinajstić information content (AvgIpc) is 2.95. The number of amides is 1. The Bertz CT molecular complexity index is 928. The molecular weight excluding hydrogens is 326 g/mol. The molecule has 0 aliphatic heterocycles. The zero-order valence-corrected chi connectivity index (χ0v) is 14.1. The maximum Gasteiger partial charge on any atom is 0.248 e. The molecule has 3 rings (SSSR count). The van der Waals surface area contributed by atoms with Gasteiger partial charge in [0.1, 0.15) is 17.1 Å². The Labute approximate surface area is 144 Å². The van der Waals surface area contributed by atoms with Crippen LogP contribution in [-0.4, -0.2) is 13.0 Å². The maximum atomic E-state index is 12.1. The molecule has 0 spiro atoms. The van der Waals surface area contributed by atoms with E-state index in [1.807, 2.05) is 31.2 Å². The van der Waals surface area contributed by atoms with Gasteiger partial charge in [0.15, 0.2) is 0 Å². The van der Waals surface area contributed by atoms with Crippen molar-refractivity contribution >= 4 is 40.2 Å². The van der Waals surface area contributed by atoms with Crippen LogP contribution in [0.3, 0.4) is 0 Å². The van der Waals surface area contributed by atoms with Crippen LogP contribution < -0.4 is 10.1 Å². The van der Waals surface area contributed by atoms with Crippen LogP contribution in [-0.2, 0) is 4.79 Å². The fraction of sp³-hybridized carbons (Fsp3) is 0.105. The van der Waals surface area contributed by atoms with Crippen molar-refractivity contribution in [3.8, 4) is 5.75 Å². The van der Waals surface area contributed by atoms with E-state index in [0.717, 1.165) is 16.5 Å². The van der Waals surface area contributed by atoms with Crippen molar-refractivity contribution in [1.82, 2.24) is 0 Å². The molecule has 3 aromatic rings. The minimum atomic E-state index is -0.299. The van der Waals surface area contributed by atoms with Crippen molar-refractivity contribution in [2.45, 2.75) is 6.92 Å². The van der Waals surface area contributed by atoms with Crippen LogP contribution >= 0.6 is 11.6 Å². The fourth-order valence-electron chi connectivity index (χ4n) is 2.35. The Kier molecular flexibility index (Phi) is 4.58. The van der Waals surface area contributed by atoms with Crippen molar-refractivity contribution < 1.29 is 13.9 Å². The van der Waals surface area contributed by atoms with Gasteiger partial charge < -0.3 is 14.5 Å². The third-order valence-corrected chi connectivity index (χ3v) is 3.75. The molecule has 0 aliphatic carbocycles. The van der Waals surface area contributed by atoms with Crippen molar-refractivity contribution in [2.75, 3.05) is 12.4 Å². The third kappa shape index (κ3) is 3.60. The molecule has 0 radical (unpaired) electrons. The quantitative estimate of drug-likeness (QED) is 0.675. The highest BCUT2D eigenvalue weighted by Crippen LogP contribution is 2.27. The summed E-state index contributed by atoms with van der Waals surface area (Å²) in [7, 11) is 1.53. The van der Waals surface area contributed by atoms with Crippen LogP contribution in [0.2, 0.25) is 5.02 Å². The van der Waals surface area contributed by atoms with Gasteiger partial charge in [-0.05, 0) is 48.9 Å². The lowest BCUT2D eigenvalue weighted by atomic mass is 10.2. The van der Waals surface area contributed by atoms with Gasteiger partial charge in [0.25, 0.3) is 0 Å². The van der Waals surface area contributed by atoms with E-state index in [4.69, 9.17) is 20.8 Å². The summed E-state index contributed by atoms with van der Waals surface area (Å²) < 4.78 is 10.9. The zero-order valence-electron chi connectivity index (χ0n) is 13.3. The highest BCUT2D eigenvalue weighted by Gasteiger charge is 2.07. The Morgan fingerprint density at radius 2 is 2.04 bits per heavy atom. The van der Waals surface area contributed by atoms with Crippen molar-refractivity contribution in [3.05, 3.63) is 64.9 Å². The van der Waals surface area contributed by atoms with Crippen LogP contribution in [0.25, 0.3) is 17.0 Å². The highest BCUT2D eigenvalue weighted by molar-refractivity contribution is 6.31. The second-order valence-electron chi connectivity index (χ2n) is 5.36. The zero-order chi connectivity index (χ0) is 17.1. The first-order valence-corrected chi connectivity index (χ1v) is 7.76. The molecule has 1 aromatic heterocycles. The molecule has 1 N–H and O–H groups in total. The molecule has 1 amide bonds. The van der Waals surface area contributed by atoms with E-state index in [1.165, 1.54) is 13.2 Å². The van der Waals surface area contributed by atoms with E-state index in [0.29, 0.717) is 22.2 Å². The first-order valence-electron chi connectivity index (χ1n) is 7.38. The topological polar surface area (TPSA) is 51.5 Å². The summed E-state index contributed by atoms with van der Waals surface area (Å²) in [5, 5.41) is 4.25. The van der Waals surface area contributed by atoms with E-state index in [2.05, 4.69) is 5.32 Å². The largest absolute Gasteiger partial charge is 0.495 e. The number of ether oxygens (including phenoxy) is 1. The average molecular weight is 342 g/mol. The van der Waals surface area contributed by atoms with Gasteiger partial charge in [-0.1, -0.05) is 23.7 Å². The van der Waals surface area contributed by atoms with Gasteiger partial charge in [0.2, 0.25) is 5.91 Å². The first-order chi connectivity index (χ1) is 11.5. The fourth-order valence-corrected chi connectivity index (χ4v) is 2.52. The van der Waals surface area contributed by atoms with E-state index in [-0.39, 0.29) is 5.91 Å². The van der Waals surface area contributed by atoms with Crippen molar-refractivity contribution in [2.24, 2.45) is 0 Å². The highest BCUT2D eigenvalue weighted by atomic mass is 35.5.